The van der Waals surface area contributed by atoms with Gasteiger partial charge in [0.25, 0.3) is 0 Å². The Morgan fingerprint density at radius 2 is 1.81 bits per heavy atom. The van der Waals surface area contributed by atoms with E-state index >= 15 is 0 Å². The normalized spacial score (nSPS) is 26.5. The van der Waals surface area contributed by atoms with Crippen molar-refractivity contribution < 1.29 is 30.0 Å². The molecule has 1 unspecified atom stereocenters. The fourth-order valence-corrected chi connectivity index (χ4v) is 5.84. The molecule has 0 radical (unpaired) electrons. The number of allylic oxidation sites excluding steroid dienone is 1. The lowest BCUT2D eigenvalue weighted by Crippen LogP contribution is -2.42. The SMILES string of the molecule is CCCCCC1(C(O)CC[C@H]2[C@H](O)CC(=O)[C@@H]2CCCCC(O)=C(CC)C(=O)O)CCC1. The number of carbonyl (C=O) groups is 2. The van der Waals surface area contributed by atoms with E-state index in [1.165, 1.54) is 19.3 Å². The van der Waals surface area contributed by atoms with Crippen LogP contribution >= 0.6 is 0 Å². The first-order chi connectivity index (χ1) is 15.3. The zero-order valence-electron chi connectivity index (χ0n) is 20.0. The van der Waals surface area contributed by atoms with E-state index in [4.69, 9.17) is 5.11 Å². The van der Waals surface area contributed by atoms with Crippen LogP contribution in [-0.2, 0) is 9.59 Å². The number of aliphatic hydroxyl groups excluding tert-OH is 3. The zero-order chi connectivity index (χ0) is 23.7. The molecule has 32 heavy (non-hydrogen) atoms. The molecule has 184 valence electrons. The Balaban J connectivity index is 1.85. The second kappa shape index (κ2) is 12.7. The maximum atomic E-state index is 12.5. The number of carboxylic acid groups (broad SMARTS) is 1. The Morgan fingerprint density at radius 3 is 2.38 bits per heavy atom. The molecule has 0 aromatic carbocycles. The lowest BCUT2D eigenvalue weighted by molar-refractivity contribution is -0.133. The number of unbranched alkanes of at least 4 members (excludes halogenated alkanes) is 3. The van der Waals surface area contributed by atoms with Gasteiger partial charge in [-0.25, -0.2) is 4.79 Å². The molecular weight excluding hydrogens is 408 g/mol. The summed E-state index contributed by atoms with van der Waals surface area (Å²) in [5.41, 5.74) is 0.0940. The summed E-state index contributed by atoms with van der Waals surface area (Å²) in [5, 5.41) is 40.6. The lowest BCUT2D eigenvalue weighted by atomic mass is 9.61. The Labute approximate surface area is 193 Å². The minimum atomic E-state index is -1.09. The van der Waals surface area contributed by atoms with Crippen LogP contribution in [0.15, 0.2) is 11.3 Å². The van der Waals surface area contributed by atoms with Gasteiger partial charge in [-0.2, -0.15) is 0 Å². The zero-order valence-corrected chi connectivity index (χ0v) is 20.0. The topological polar surface area (TPSA) is 115 Å². The highest BCUT2D eigenvalue weighted by Gasteiger charge is 2.45. The number of aliphatic carboxylic acids is 1. The van der Waals surface area contributed by atoms with E-state index in [0.717, 1.165) is 25.7 Å². The summed E-state index contributed by atoms with van der Waals surface area (Å²) in [4.78, 5) is 23.6. The molecule has 0 aliphatic heterocycles. The fraction of sp³-hybridized carbons (Fsp3) is 0.846. The van der Waals surface area contributed by atoms with Gasteiger partial charge in [-0.1, -0.05) is 46.0 Å². The number of ketones is 1. The van der Waals surface area contributed by atoms with Crippen LogP contribution in [-0.4, -0.2) is 44.4 Å². The van der Waals surface area contributed by atoms with Crippen LogP contribution in [0.3, 0.4) is 0 Å². The molecule has 6 heteroatoms. The molecule has 0 heterocycles. The molecule has 2 aliphatic carbocycles. The summed E-state index contributed by atoms with van der Waals surface area (Å²) in [7, 11) is 0. The molecule has 0 bridgehead atoms. The van der Waals surface area contributed by atoms with Crippen molar-refractivity contribution in [1.29, 1.82) is 0 Å². The first-order valence-corrected chi connectivity index (χ1v) is 12.8. The van der Waals surface area contributed by atoms with Gasteiger partial charge < -0.3 is 20.4 Å². The highest BCUT2D eigenvalue weighted by Crippen LogP contribution is 2.50. The minimum Gasteiger partial charge on any atom is -0.512 e. The number of carboxylic acids is 1. The van der Waals surface area contributed by atoms with Crippen LogP contribution in [0, 0.1) is 17.3 Å². The third kappa shape index (κ3) is 6.80. The van der Waals surface area contributed by atoms with Gasteiger partial charge in [0.2, 0.25) is 0 Å². The van der Waals surface area contributed by atoms with E-state index in [0.29, 0.717) is 38.5 Å². The second-order valence-electron chi connectivity index (χ2n) is 10.1. The first kappa shape index (κ1) is 26.8. The summed E-state index contributed by atoms with van der Waals surface area (Å²) in [6.45, 7) is 3.89. The van der Waals surface area contributed by atoms with Crippen molar-refractivity contribution in [2.75, 3.05) is 0 Å². The van der Waals surface area contributed by atoms with Crippen molar-refractivity contribution in [1.82, 2.24) is 0 Å². The van der Waals surface area contributed by atoms with Crippen molar-refractivity contribution in [2.24, 2.45) is 17.3 Å². The van der Waals surface area contributed by atoms with Crippen LogP contribution in [0.5, 0.6) is 0 Å². The summed E-state index contributed by atoms with van der Waals surface area (Å²) < 4.78 is 0. The molecule has 0 aromatic rings. The highest BCUT2D eigenvalue weighted by molar-refractivity contribution is 5.87. The van der Waals surface area contributed by atoms with E-state index in [9.17, 15) is 24.9 Å². The molecule has 0 amide bonds. The summed E-state index contributed by atoms with van der Waals surface area (Å²) in [5.74, 6) is -1.38. The number of Topliss-reactive ketones (excluding diaryl/α,β-unsaturated/α-hetero) is 1. The van der Waals surface area contributed by atoms with Crippen molar-refractivity contribution in [3.63, 3.8) is 0 Å². The second-order valence-corrected chi connectivity index (χ2v) is 10.1. The predicted molar refractivity (Wildman–Crippen MR) is 124 cm³/mol. The van der Waals surface area contributed by atoms with Gasteiger partial charge in [0.05, 0.1) is 17.8 Å². The summed E-state index contributed by atoms with van der Waals surface area (Å²) >= 11 is 0. The molecule has 2 fully saturated rings. The van der Waals surface area contributed by atoms with E-state index in [2.05, 4.69) is 6.92 Å². The molecule has 0 aromatic heterocycles. The van der Waals surface area contributed by atoms with Crippen LogP contribution in [0.2, 0.25) is 0 Å². The fourth-order valence-electron chi connectivity index (χ4n) is 5.84. The van der Waals surface area contributed by atoms with Crippen LogP contribution in [0.1, 0.15) is 110 Å². The van der Waals surface area contributed by atoms with E-state index < -0.39 is 12.1 Å². The molecule has 0 spiro atoms. The molecule has 2 saturated carbocycles. The third-order valence-electron chi connectivity index (χ3n) is 8.08. The largest absolute Gasteiger partial charge is 0.512 e. The third-order valence-corrected chi connectivity index (χ3v) is 8.08. The summed E-state index contributed by atoms with van der Waals surface area (Å²) in [6.07, 6.45) is 11.0. The minimum absolute atomic E-state index is 0.0449. The highest BCUT2D eigenvalue weighted by atomic mass is 16.4. The Morgan fingerprint density at radius 1 is 1.09 bits per heavy atom. The molecule has 4 atom stereocenters. The average molecular weight is 453 g/mol. The van der Waals surface area contributed by atoms with Gasteiger partial charge in [-0.15, -0.1) is 0 Å². The Kier molecular flexibility index (Phi) is 10.7. The van der Waals surface area contributed by atoms with Gasteiger partial charge in [0.15, 0.2) is 0 Å². The Bertz CT molecular complexity index is 651. The van der Waals surface area contributed by atoms with Crippen molar-refractivity contribution in [2.45, 2.75) is 122 Å². The number of aliphatic hydroxyl groups is 3. The molecule has 2 rings (SSSR count). The smallest absolute Gasteiger partial charge is 0.334 e. The van der Waals surface area contributed by atoms with Gasteiger partial charge in [0.1, 0.15) is 11.5 Å². The van der Waals surface area contributed by atoms with Gasteiger partial charge in [-0.3, -0.25) is 4.79 Å². The lowest BCUT2D eigenvalue weighted by Gasteiger charge is -2.46. The predicted octanol–water partition coefficient (Wildman–Crippen LogP) is 5.31. The van der Waals surface area contributed by atoms with E-state index in [-0.39, 0.29) is 53.3 Å². The number of rotatable bonds is 15. The molecule has 4 N–H and O–H groups in total. The van der Waals surface area contributed by atoms with Crippen molar-refractivity contribution in [3.05, 3.63) is 11.3 Å². The van der Waals surface area contributed by atoms with Crippen LogP contribution < -0.4 is 0 Å². The molecule has 6 nitrogen and oxygen atoms in total. The molecule has 0 saturated heterocycles. The maximum Gasteiger partial charge on any atom is 0.334 e. The van der Waals surface area contributed by atoms with Gasteiger partial charge in [-0.05, 0) is 62.7 Å². The standard InChI is InChI=1S/C26H44O6/c1-3-5-8-14-26(15-9-16-26)24(30)13-12-20-19(22(28)17-23(20)29)10-6-7-11-21(27)18(4-2)25(31)32/h19-20,23-24,27,29-30H,3-17H2,1-2H3,(H,31,32)/t19-,20-,23-,24?/m1/s1. The van der Waals surface area contributed by atoms with Crippen LogP contribution in [0.25, 0.3) is 0 Å². The number of hydrogen-bond donors (Lipinski definition) is 4. The van der Waals surface area contributed by atoms with E-state index in [1.54, 1.807) is 6.92 Å². The van der Waals surface area contributed by atoms with E-state index in [1.807, 2.05) is 0 Å². The average Bonchev–Trinajstić information content (AvgIpc) is 2.98. The maximum absolute atomic E-state index is 12.5. The summed E-state index contributed by atoms with van der Waals surface area (Å²) in [6, 6.07) is 0. The van der Waals surface area contributed by atoms with Crippen LogP contribution in [0.4, 0.5) is 0 Å². The number of hydrogen-bond acceptors (Lipinski definition) is 5. The van der Waals surface area contributed by atoms with Gasteiger partial charge >= 0.3 is 5.97 Å². The molecular formula is C26H44O6. The van der Waals surface area contributed by atoms with Crippen molar-refractivity contribution >= 4 is 11.8 Å². The first-order valence-electron chi connectivity index (χ1n) is 12.8. The quantitative estimate of drug-likeness (QED) is 0.152. The Hall–Kier alpha value is -1.40. The van der Waals surface area contributed by atoms with Crippen molar-refractivity contribution in [3.8, 4) is 0 Å². The number of carbonyl (C=O) groups excluding carboxylic acids is 1. The monoisotopic (exact) mass is 452 g/mol. The molecule has 2 aliphatic rings. The van der Waals surface area contributed by atoms with Gasteiger partial charge in [0, 0.05) is 18.8 Å².